The molecule has 7 heteroatoms. The van der Waals surface area contributed by atoms with Gasteiger partial charge in [-0.3, -0.25) is 9.52 Å². The van der Waals surface area contributed by atoms with Gasteiger partial charge in [-0.15, -0.1) is 0 Å². The van der Waals surface area contributed by atoms with Crippen molar-refractivity contribution in [3.05, 3.63) is 24.3 Å². The molecule has 0 aromatic heterocycles. The van der Waals surface area contributed by atoms with E-state index in [1.807, 2.05) is 0 Å². The van der Waals surface area contributed by atoms with Crippen LogP contribution in [0, 0.1) is 0 Å². The topological polar surface area (TPSA) is 87.3 Å². The largest absolute Gasteiger partial charge is 0.326 e. The van der Waals surface area contributed by atoms with E-state index in [1.54, 1.807) is 31.2 Å². The fraction of sp³-hybridized carbons (Fsp3) is 0.533. The summed E-state index contributed by atoms with van der Waals surface area (Å²) in [7, 11) is -3.27. The lowest BCUT2D eigenvalue weighted by Gasteiger charge is -2.11. The summed E-state index contributed by atoms with van der Waals surface area (Å²) in [6.45, 7) is 2.62. The van der Waals surface area contributed by atoms with Gasteiger partial charge in [-0.25, -0.2) is 8.42 Å². The van der Waals surface area contributed by atoms with Crippen LogP contribution in [0.15, 0.2) is 24.3 Å². The molecule has 0 saturated carbocycles. The van der Waals surface area contributed by atoms with E-state index >= 15 is 0 Å². The van der Waals surface area contributed by atoms with Gasteiger partial charge in [-0.1, -0.05) is 0 Å². The summed E-state index contributed by atoms with van der Waals surface area (Å²) in [4.78, 5) is 11.9. The van der Waals surface area contributed by atoms with Crippen LogP contribution in [-0.2, 0) is 14.8 Å². The number of anilines is 2. The zero-order valence-electron chi connectivity index (χ0n) is 12.8. The monoisotopic (exact) mass is 325 g/mol. The maximum Gasteiger partial charge on any atom is 0.232 e. The Balaban J connectivity index is 1.81. The van der Waals surface area contributed by atoms with Gasteiger partial charge in [0, 0.05) is 23.8 Å². The summed E-state index contributed by atoms with van der Waals surface area (Å²) < 4.78 is 25.4. The normalized spacial score (nSPS) is 18.1. The van der Waals surface area contributed by atoms with Crippen molar-refractivity contribution in [1.82, 2.24) is 5.32 Å². The molecule has 3 N–H and O–H groups in total. The first-order valence-electron chi connectivity index (χ1n) is 7.62. The average molecular weight is 325 g/mol. The standard InChI is InChI=1S/C15H23N3O3S/c1-2-22(20,21)18-14-7-5-13(6-8-14)17-15(19)10-9-12-4-3-11-16-12/h5-8,12,16,18H,2-4,9-11H2,1H3,(H,17,19). The van der Waals surface area contributed by atoms with Gasteiger partial charge < -0.3 is 10.6 Å². The van der Waals surface area contributed by atoms with Crippen molar-refractivity contribution in [2.45, 2.75) is 38.6 Å². The Bertz CT molecular complexity index is 593. The highest BCUT2D eigenvalue weighted by Gasteiger charge is 2.15. The molecule has 1 amide bonds. The number of sulfonamides is 1. The van der Waals surface area contributed by atoms with Crippen LogP contribution in [0.25, 0.3) is 0 Å². The Hall–Kier alpha value is -1.60. The lowest BCUT2D eigenvalue weighted by Crippen LogP contribution is -2.23. The third-order valence-corrected chi connectivity index (χ3v) is 5.01. The first-order valence-corrected chi connectivity index (χ1v) is 9.27. The highest BCUT2D eigenvalue weighted by atomic mass is 32.2. The predicted molar refractivity (Wildman–Crippen MR) is 88.4 cm³/mol. The maximum atomic E-state index is 11.9. The maximum absolute atomic E-state index is 11.9. The fourth-order valence-electron chi connectivity index (χ4n) is 2.41. The molecule has 0 spiro atoms. The zero-order valence-corrected chi connectivity index (χ0v) is 13.6. The van der Waals surface area contributed by atoms with Gasteiger partial charge in [0.15, 0.2) is 0 Å². The molecule has 1 unspecified atom stereocenters. The van der Waals surface area contributed by atoms with E-state index in [0.717, 1.165) is 19.4 Å². The van der Waals surface area contributed by atoms with Crippen molar-refractivity contribution >= 4 is 27.3 Å². The molecule has 1 aliphatic heterocycles. The summed E-state index contributed by atoms with van der Waals surface area (Å²) in [5.41, 5.74) is 1.17. The molecule has 0 aliphatic carbocycles. The van der Waals surface area contributed by atoms with Crippen LogP contribution in [0.1, 0.15) is 32.6 Å². The zero-order chi connectivity index (χ0) is 16.0. The van der Waals surface area contributed by atoms with Crippen molar-refractivity contribution in [3.8, 4) is 0 Å². The SMILES string of the molecule is CCS(=O)(=O)Nc1ccc(NC(=O)CCC2CCCN2)cc1. The van der Waals surface area contributed by atoms with E-state index in [2.05, 4.69) is 15.4 Å². The number of rotatable bonds is 7. The summed E-state index contributed by atoms with van der Waals surface area (Å²) in [6, 6.07) is 7.12. The summed E-state index contributed by atoms with van der Waals surface area (Å²) >= 11 is 0. The summed E-state index contributed by atoms with van der Waals surface area (Å²) in [5.74, 6) is 0.0105. The number of benzene rings is 1. The number of carbonyl (C=O) groups is 1. The minimum absolute atomic E-state index is 0.0180. The number of hydrogen-bond acceptors (Lipinski definition) is 4. The lowest BCUT2D eigenvalue weighted by atomic mass is 10.1. The average Bonchev–Trinajstić information content (AvgIpc) is 3.00. The van der Waals surface area contributed by atoms with Crippen LogP contribution in [0.3, 0.4) is 0 Å². The minimum atomic E-state index is -3.27. The Kier molecular flexibility index (Phi) is 5.79. The molecule has 122 valence electrons. The molecule has 1 atom stereocenters. The second kappa shape index (κ2) is 7.60. The first-order chi connectivity index (χ1) is 10.5. The smallest absolute Gasteiger partial charge is 0.232 e. The Labute approximate surface area is 131 Å². The van der Waals surface area contributed by atoms with Crippen LogP contribution < -0.4 is 15.4 Å². The molecule has 6 nitrogen and oxygen atoms in total. The highest BCUT2D eigenvalue weighted by Crippen LogP contribution is 2.16. The van der Waals surface area contributed by atoms with Crippen molar-refractivity contribution in [1.29, 1.82) is 0 Å². The molecular weight excluding hydrogens is 302 g/mol. The third-order valence-electron chi connectivity index (χ3n) is 3.70. The van der Waals surface area contributed by atoms with Crippen LogP contribution in [0.2, 0.25) is 0 Å². The predicted octanol–water partition coefficient (Wildman–Crippen LogP) is 1.92. The number of hydrogen-bond donors (Lipinski definition) is 3. The quantitative estimate of drug-likeness (QED) is 0.715. The number of amides is 1. The molecule has 1 aromatic rings. The highest BCUT2D eigenvalue weighted by molar-refractivity contribution is 7.92. The van der Waals surface area contributed by atoms with E-state index in [1.165, 1.54) is 6.42 Å². The second-order valence-electron chi connectivity index (χ2n) is 5.46. The van der Waals surface area contributed by atoms with Gasteiger partial charge in [0.05, 0.1) is 5.75 Å². The van der Waals surface area contributed by atoms with Crippen LogP contribution in [0.4, 0.5) is 11.4 Å². The molecule has 0 bridgehead atoms. The van der Waals surface area contributed by atoms with E-state index in [9.17, 15) is 13.2 Å². The summed E-state index contributed by atoms with van der Waals surface area (Å²) in [5, 5.41) is 6.19. The Morgan fingerprint density at radius 3 is 2.55 bits per heavy atom. The van der Waals surface area contributed by atoms with E-state index in [-0.39, 0.29) is 11.7 Å². The Morgan fingerprint density at radius 2 is 1.95 bits per heavy atom. The van der Waals surface area contributed by atoms with Gasteiger partial charge in [0.1, 0.15) is 0 Å². The third kappa shape index (κ3) is 5.31. The van der Waals surface area contributed by atoms with E-state index in [4.69, 9.17) is 0 Å². The first kappa shape index (κ1) is 16.8. The molecule has 0 radical (unpaired) electrons. The van der Waals surface area contributed by atoms with Crippen LogP contribution in [-0.4, -0.2) is 32.7 Å². The molecule has 1 aromatic carbocycles. The molecule has 1 heterocycles. The van der Waals surface area contributed by atoms with Gasteiger partial charge >= 0.3 is 0 Å². The van der Waals surface area contributed by atoms with Crippen molar-refractivity contribution in [2.75, 3.05) is 22.3 Å². The molecule has 1 aliphatic rings. The van der Waals surface area contributed by atoms with Crippen LogP contribution in [0.5, 0.6) is 0 Å². The molecular formula is C15H23N3O3S. The molecule has 22 heavy (non-hydrogen) atoms. The fourth-order valence-corrected chi connectivity index (χ4v) is 3.04. The van der Waals surface area contributed by atoms with E-state index in [0.29, 0.717) is 23.8 Å². The molecule has 1 fully saturated rings. The van der Waals surface area contributed by atoms with Gasteiger partial charge in [0.25, 0.3) is 0 Å². The molecule has 1 saturated heterocycles. The second-order valence-corrected chi connectivity index (χ2v) is 7.47. The van der Waals surface area contributed by atoms with E-state index < -0.39 is 10.0 Å². The van der Waals surface area contributed by atoms with Gasteiger partial charge in [-0.2, -0.15) is 0 Å². The molecule has 2 rings (SSSR count). The van der Waals surface area contributed by atoms with Gasteiger partial charge in [-0.05, 0) is 57.0 Å². The number of nitrogens with one attached hydrogen (secondary N) is 3. The van der Waals surface area contributed by atoms with Gasteiger partial charge in [0.2, 0.25) is 15.9 Å². The van der Waals surface area contributed by atoms with Crippen molar-refractivity contribution in [2.24, 2.45) is 0 Å². The Morgan fingerprint density at radius 1 is 1.27 bits per heavy atom. The van der Waals surface area contributed by atoms with Crippen LogP contribution >= 0.6 is 0 Å². The minimum Gasteiger partial charge on any atom is -0.326 e. The summed E-state index contributed by atoms with van der Waals surface area (Å²) in [6.07, 6.45) is 3.66. The number of carbonyl (C=O) groups excluding carboxylic acids is 1. The van der Waals surface area contributed by atoms with Crippen molar-refractivity contribution < 1.29 is 13.2 Å². The lowest BCUT2D eigenvalue weighted by molar-refractivity contribution is -0.116. The van der Waals surface area contributed by atoms with Crippen molar-refractivity contribution in [3.63, 3.8) is 0 Å².